The lowest BCUT2D eigenvalue weighted by Crippen LogP contribution is -2.17. The molecule has 0 atom stereocenters. The molecule has 0 saturated heterocycles. The molecule has 0 amide bonds. The first-order chi connectivity index (χ1) is 19.0. The molecule has 4 aromatic rings. The third kappa shape index (κ3) is 7.46. The van der Waals surface area contributed by atoms with Crippen LogP contribution in [0.4, 0.5) is 0 Å². The zero-order chi connectivity index (χ0) is 27.6. The average Bonchev–Trinajstić information content (AvgIpc) is 3.58. The molecule has 2 aromatic heterocycles. The normalized spacial score (nSPS) is 11.3. The third-order valence-electron chi connectivity index (χ3n) is 6.05. The number of aromatic amines is 1. The van der Waals surface area contributed by atoms with Crippen molar-refractivity contribution in [1.82, 2.24) is 35.6 Å². The van der Waals surface area contributed by atoms with Gasteiger partial charge >= 0.3 is 5.97 Å². The molecule has 0 aliphatic rings. The zero-order valence-electron chi connectivity index (χ0n) is 21.5. The van der Waals surface area contributed by atoms with E-state index in [9.17, 15) is 4.79 Å². The number of nitrogens with zero attached hydrogens (tertiary/aromatic N) is 6. The van der Waals surface area contributed by atoms with Crippen LogP contribution in [0, 0.1) is 0 Å². The van der Waals surface area contributed by atoms with E-state index in [4.69, 9.17) is 26.8 Å². The molecule has 0 fully saturated rings. The van der Waals surface area contributed by atoms with Crippen LogP contribution in [0.1, 0.15) is 54.5 Å². The number of hydrogen-bond acceptors (Lipinski definition) is 10. The Bertz CT molecular complexity index is 1340. The highest BCUT2D eigenvalue weighted by Crippen LogP contribution is 2.30. The summed E-state index contributed by atoms with van der Waals surface area (Å²) in [5.41, 5.74) is 4.00. The van der Waals surface area contributed by atoms with Gasteiger partial charge in [0.15, 0.2) is 10.8 Å². The largest absolute Gasteiger partial charge is 0.461 e. The van der Waals surface area contributed by atoms with Crippen molar-refractivity contribution in [3.63, 3.8) is 0 Å². The molecule has 0 bridgehead atoms. The second-order valence-corrected chi connectivity index (χ2v) is 9.12. The fourth-order valence-electron chi connectivity index (χ4n) is 4.12. The molecular weight excluding hydrogens is 526 g/mol. The molecule has 0 spiro atoms. The summed E-state index contributed by atoms with van der Waals surface area (Å²) >= 11 is 6.43. The molecule has 206 valence electrons. The summed E-state index contributed by atoms with van der Waals surface area (Å²) in [4.78, 5) is 22.0. The maximum absolute atomic E-state index is 13.0. The minimum atomic E-state index is -0.562. The minimum Gasteiger partial charge on any atom is -0.461 e. The summed E-state index contributed by atoms with van der Waals surface area (Å²) < 4.78 is 7.26. The number of aryl methyl sites for hydroxylation is 1. The molecule has 12 nitrogen and oxygen atoms in total. The number of benzene rings is 2. The Morgan fingerprint density at radius 2 is 1.79 bits per heavy atom. The van der Waals surface area contributed by atoms with Crippen LogP contribution >= 0.6 is 11.6 Å². The van der Waals surface area contributed by atoms with Crippen LogP contribution in [-0.2, 0) is 22.5 Å². The van der Waals surface area contributed by atoms with Crippen LogP contribution in [-0.4, -0.2) is 65.2 Å². The summed E-state index contributed by atoms with van der Waals surface area (Å²) in [7, 11) is 0. The fraction of sp³-hybridized carbons (Fsp3) is 0.346. The van der Waals surface area contributed by atoms with Crippen molar-refractivity contribution in [2.45, 2.75) is 45.6 Å². The summed E-state index contributed by atoms with van der Waals surface area (Å²) in [6, 6.07) is 15.9. The van der Waals surface area contributed by atoms with Crippen molar-refractivity contribution in [2.24, 2.45) is 0 Å². The molecule has 2 aromatic carbocycles. The number of unbranched alkanes of at least 4 members (excludes halogenated alkanes) is 2. The number of tetrazole rings is 1. The van der Waals surface area contributed by atoms with Gasteiger partial charge in [-0.3, -0.25) is 15.3 Å². The second-order valence-electron chi connectivity index (χ2n) is 8.76. The van der Waals surface area contributed by atoms with Gasteiger partial charge in [-0.2, -0.15) is 5.21 Å². The number of ether oxygens (including phenoxy) is 1. The molecular formula is C26H30ClN7O5. The monoisotopic (exact) mass is 555 g/mol. The Kier molecular flexibility index (Phi) is 10.1. The van der Waals surface area contributed by atoms with E-state index in [1.54, 1.807) is 0 Å². The van der Waals surface area contributed by atoms with Gasteiger partial charge in [0.1, 0.15) is 5.82 Å². The van der Waals surface area contributed by atoms with Crippen molar-refractivity contribution < 1.29 is 24.8 Å². The van der Waals surface area contributed by atoms with Gasteiger partial charge in [0, 0.05) is 18.5 Å². The molecule has 3 N–H and O–H groups in total. The van der Waals surface area contributed by atoms with E-state index in [1.165, 1.54) is 0 Å². The zero-order valence-corrected chi connectivity index (χ0v) is 22.2. The summed E-state index contributed by atoms with van der Waals surface area (Å²) in [6.07, 6.45) is 3.48. The van der Waals surface area contributed by atoms with Crippen LogP contribution in [0.5, 0.6) is 0 Å². The van der Waals surface area contributed by atoms with Gasteiger partial charge in [0.2, 0.25) is 5.82 Å². The molecule has 0 aliphatic heterocycles. The average molecular weight is 556 g/mol. The number of carbonyl (C=O) groups excluding carboxylic acids is 1. The van der Waals surface area contributed by atoms with Crippen LogP contribution < -0.4 is 0 Å². The van der Waals surface area contributed by atoms with Crippen molar-refractivity contribution in [3.8, 4) is 22.5 Å². The van der Waals surface area contributed by atoms with Crippen molar-refractivity contribution in [2.75, 3.05) is 13.2 Å². The highest BCUT2D eigenvalue weighted by molar-refractivity contribution is 6.32. The predicted octanol–water partition coefficient (Wildman–Crippen LogP) is 4.72. The van der Waals surface area contributed by atoms with E-state index in [1.807, 2.05) is 53.1 Å². The maximum Gasteiger partial charge on any atom is 0.358 e. The summed E-state index contributed by atoms with van der Waals surface area (Å²) in [5, 5.41) is 31.3. The van der Waals surface area contributed by atoms with E-state index in [0.29, 0.717) is 31.6 Å². The maximum atomic E-state index is 13.0. The number of halogens is 1. The number of esters is 1. The molecule has 2 heterocycles. The van der Waals surface area contributed by atoms with E-state index in [2.05, 4.69) is 37.4 Å². The van der Waals surface area contributed by atoms with Gasteiger partial charge in [-0.1, -0.05) is 73.5 Å². The predicted molar refractivity (Wildman–Crippen MR) is 141 cm³/mol. The van der Waals surface area contributed by atoms with E-state index < -0.39 is 5.97 Å². The van der Waals surface area contributed by atoms with Gasteiger partial charge < -0.3 is 9.30 Å². The lowest BCUT2D eigenvalue weighted by atomic mass is 9.98. The van der Waals surface area contributed by atoms with Gasteiger partial charge in [-0.15, -0.1) is 10.2 Å². The molecule has 39 heavy (non-hydrogen) atoms. The number of nitrogens with one attached hydrogen (secondary N) is 1. The lowest BCUT2D eigenvalue weighted by molar-refractivity contribution is -0.492. The highest BCUT2D eigenvalue weighted by atomic mass is 35.5. The Morgan fingerprint density at radius 1 is 1.05 bits per heavy atom. The van der Waals surface area contributed by atoms with Crippen molar-refractivity contribution in [1.29, 1.82) is 0 Å². The molecule has 13 heteroatoms. The van der Waals surface area contributed by atoms with Gasteiger partial charge in [-0.25, -0.2) is 9.78 Å². The Hall–Kier alpha value is -3.68. The number of H-pyrrole nitrogens is 1. The highest BCUT2D eigenvalue weighted by Gasteiger charge is 2.23. The van der Waals surface area contributed by atoms with Gasteiger partial charge in [-0.05, 0) is 41.2 Å². The Balaban J connectivity index is 1.51. The SMILES string of the molecule is CCCCc1nc(Cl)c(C(=O)OCCCCON(O)O)n1Cc1ccc(-c2ccccc2-c2nn[nH]n2)cc1. The number of rotatable bonds is 14. The first kappa shape index (κ1) is 28.3. The van der Waals surface area contributed by atoms with E-state index >= 15 is 0 Å². The van der Waals surface area contributed by atoms with Crippen LogP contribution in [0.25, 0.3) is 22.5 Å². The third-order valence-corrected chi connectivity index (χ3v) is 6.31. The van der Waals surface area contributed by atoms with Crippen LogP contribution in [0.15, 0.2) is 48.5 Å². The van der Waals surface area contributed by atoms with Crippen molar-refractivity contribution >= 4 is 17.6 Å². The second kappa shape index (κ2) is 13.9. The summed E-state index contributed by atoms with van der Waals surface area (Å²) in [5.74, 6) is 0.676. The van der Waals surface area contributed by atoms with Crippen molar-refractivity contribution in [3.05, 3.63) is 70.8 Å². The number of imidazole rings is 1. The van der Waals surface area contributed by atoms with Crippen LogP contribution in [0.2, 0.25) is 5.15 Å². The molecule has 0 radical (unpaired) electrons. The first-order valence-corrected chi connectivity index (χ1v) is 13.0. The quantitative estimate of drug-likeness (QED) is 0.113. The number of hydrogen-bond donors (Lipinski definition) is 3. The van der Waals surface area contributed by atoms with Gasteiger partial charge in [0.25, 0.3) is 0 Å². The minimum absolute atomic E-state index is 0.0694. The molecule has 4 rings (SSSR count). The van der Waals surface area contributed by atoms with Crippen LogP contribution in [0.3, 0.4) is 0 Å². The standard InChI is InChI=1S/C26H30ClN7O5/c1-2-3-10-22-28-24(27)23(26(35)38-15-6-7-16-39-34(36)37)33(22)17-18-11-13-19(14-12-18)20-8-4-5-9-21(20)25-29-31-32-30-25/h4-5,8-9,11-14,36-37H,2-3,6-7,10,15-17H2,1H3,(H,29,30,31,32). The molecule has 0 aliphatic carbocycles. The lowest BCUT2D eigenvalue weighted by Gasteiger charge is -2.13. The Morgan fingerprint density at radius 3 is 2.49 bits per heavy atom. The van der Waals surface area contributed by atoms with Gasteiger partial charge in [0.05, 0.1) is 18.6 Å². The summed E-state index contributed by atoms with van der Waals surface area (Å²) in [6.45, 7) is 2.68. The molecule has 0 unspecified atom stereocenters. The number of aromatic nitrogens is 6. The molecule has 0 saturated carbocycles. The first-order valence-electron chi connectivity index (χ1n) is 12.6. The number of carbonyl (C=O) groups is 1. The fourth-order valence-corrected chi connectivity index (χ4v) is 4.40. The van der Waals surface area contributed by atoms with E-state index in [0.717, 1.165) is 40.9 Å². The Labute approximate surface area is 230 Å². The smallest absolute Gasteiger partial charge is 0.358 e. The van der Waals surface area contributed by atoms with E-state index in [-0.39, 0.29) is 29.5 Å². The topological polar surface area (TPSA) is 152 Å².